The number of fused-ring (bicyclic) bond motifs is 1. The van der Waals surface area contributed by atoms with Gasteiger partial charge >= 0.3 is 0 Å². The molecule has 0 fully saturated rings. The van der Waals surface area contributed by atoms with Gasteiger partial charge in [0.15, 0.2) is 5.76 Å². The van der Waals surface area contributed by atoms with E-state index in [-0.39, 0.29) is 11.6 Å². The zero-order valence-corrected chi connectivity index (χ0v) is 13.5. The third-order valence-corrected chi connectivity index (χ3v) is 3.76. The smallest absolute Gasteiger partial charge is 0.291 e. The summed E-state index contributed by atoms with van der Waals surface area (Å²) in [6.07, 6.45) is 0. The fraction of sp³-hybridized carbons (Fsp3) is 0.167. The second-order valence-corrected chi connectivity index (χ2v) is 5.22. The molecule has 0 spiro atoms. The molecule has 5 nitrogen and oxygen atoms in total. The topological polar surface area (TPSA) is 60.7 Å². The molecule has 0 atom stereocenters. The van der Waals surface area contributed by atoms with Crippen LogP contribution in [0.2, 0.25) is 0 Å². The lowest BCUT2D eigenvalue weighted by Crippen LogP contribution is -2.13. The van der Waals surface area contributed by atoms with E-state index in [4.69, 9.17) is 13.9 Å². The quantitative estimate of drug-likeness (QED) is 0.781. The monoisotopic (exact) mass is 329 g/mol. The van der Waals surface area contributed by atoms with Gasteiger partial charge in [-0.2, -0.15) is 0 Å². The van der Waals surface area contributed by atoms with Crippen molar-refractivity contribution in [2.24, 2.45) is 0 Å². The molecule has 6 heteroatoms. The van der Waals surface area contributed by atoms with Gasteiger partial charge in [-0.3, -0.25) is 4.79 Å². The molecular weight excluding hydrogens is 313 g/mol. The first-order valence-electron chi connectivity index (χ1n) is 7.25. The third kappa shape index (κ3) is 2.78. The average Bonchev–Trinajstić information content (AvgIpc) is 2.91. The van der Waals surface area contributed by atoms with Crippen LogP contribution in [0.3, 0.4) is 0 Å². The molecule has 0 radical (unpaired) electrons. The Morgan fingerprint density at radius 3 is 2.62 bits per heavy atom. The fourth-order valence-corrected chi connectivity index (χ4v) is 2.49. The molecule has 1 amide bonds. The van der Waals surface area contributed by atoms with Crippen molar-refractivity contribution in [3.8, 4) is 11.5 Å². The standard InChI is InChI=1S/C18H16FNO4/c1-10-13-8-11(19)4-7-15(13)24-17(10)18(21)20-14-6-5-12(22-2)9-16(14)23-3/h4-9H,1-3H3,(H,20,21). The average molecular weight is 329 g/mol. The summed E-state index contributed by atoms with van der Waals surface area (Å²) >= 11 is 0. The van der Waals surface area contributed by atoms with Gasteiger partial charge < -0.3 is 19.2 Å². The molecular formula is C18H16FNO4. The van der Waals surface area contributed by atoms with Crippen molar-refractivity contribution < 1.29 is 23.1 Å². The minimum Gasteiger partial charge on any atom is -0.497 e. The van der Waals surface area contributed by atoms with Crippen LogP contribution in [0.25, 0.3) is 11.0 Å². The van der Waals surface area contributed by atoms with Crippen molar-refractivity contribution in [2.45, 2.75) is 6.92 Å². The number of halogens is 1. The molecule has 3 aromatic rings. The number of hydrogen-bond acceptors (Lipinski definition) is 4. The Morgan fingerprint density at radius 1 is 1.12 bits per heavy atom. The summed E-state index contributed by atoms with van der Waals surface area (Å²) < 4.78 is 29.3. The first-order chi connectivity index (χ1) is 11.5. The number of furan rings is 1. The molecule has 0 bridgehead atoms. The van der Waals surface area contributed by atoms with Crippen molar-refractivity contribution in [3.63, 3.8) is 0 Å². The zero-order valence-electron chi connectivity index (χ0n) is 13.5. The normalized spacial score (nSPS) is 10.7. The Morgan fingerprint density at radius 2 is 1.92 bits per heavy atom. The van der Waals surface area contributed by atoms with E-state index in [1.54, 1.807) is 32.2 Å². The Hall–Kier alpha value is -3.02. The number of anilines is 1. The van der Waals surface area contributed by atoms with Crippen molar-refractivity contribution in [3.05, 3.63) is 53.5 Å². The number of benzene rings is 2. The molecule has 0 saturated carbocycles. The zero-order chi connectivity index (χ0) is 17.3. The van der Waals surface area contributed by atoms with Gasteiger partial charge in [0.1, 0.15) is 22.9 Å². The number of hydrogen-bond donors (Lipinski definition) is 1. The Labute approximate surface area is 138 Å². The van der Waals surface area contributed by atoms with Gasteiger partial charge in [0.05, 0.1) is 19.9 Å². The fourth-order valence-electron chi connectivity index (χ4n) is 2.49. The highest BCUT2D eigenvalue weighted by Gasteiger charge is 2.19. The molecule has 1 heterocycles. The van der Waals surface area contributed by atoms with Gasteiger partial charge in [-0.15, -0.1) is 0 Å². The second-order valence-electron chi connectivity index (χ2n) is 5.22. The van der Waals surface area contributed by atoms with Gasteiger partial charge in [-0.05, 0) is 37.3 Å². The van der Waals surface area contributed by atoms with E-state index in [0.717, 1.165) is 0 Å². The molecule has 124 valence electrons. The minimum absolute atomic E-state index is 0.133. The van der Waals surface area contributed by atoms with E-state index >= 15 is 0 Å². The van der Waals surface area contributed by atoms with Crippen molar-refractivity contribution in [1.82, 2.24) is 0 Å². The predicted molar refractivity (Wildman–Crippen MR) is 88.4 cm³/mol. The second kappa shape index (κ2) is 6.23. The lowest BCUT2D eigenvalue weighted by Gasteiger charge is -2.11. The molecule has 24 heavy (non-hydrogen) atoms. The first-order valence-corrected chi connectivity index (χ1v) is 7.25. The molecule has 0 aliphatic heterocycles. The predicted octanol–water partition coefficient (Wildman–Crippen LogP) is 4.15. The first kappa shape index (κ1) is 15.9. The third-order valence-electron chi connectivity index (χ3n) is 3.76. The van der Waals surface area contributed by atoms with Crippen LogP contribution in [0.15, 0.2) is 40.8 Å². The summed E-state index contributed by atoms with van der Waals surface area (Å²) in [4.78, 5) is 12.5. The van der Waals surface area contributed by atoms with E-state index in [1.807, 2.05) is 0 Å². The lowest BCUT2D eigenvalue weighted by atomic mass is 10.1. The Balaban J connectivity index is 1.94. The Kier molecular flexibility index (Phi) is 4.12. The van der Waals surface area contributed by atoms with Crippen LogP contribution in [0.1, 0.15) is 16.1 Å². The van der Waals surface area contributed by atoms with E-state index in [1.165, 1.54) is 25.3 Å². The van der Waals surface area contributed by atoms with Gasteiger partial charge in [0.2, 0.25) is 0 Å². The maximum Gasteiger partial charge on any atom is 0.291 e. The summed E-state index contributed by atoms with van der Waals surface area (Å²) in [5, 5.41) is 3.31. The highest BCUT2D eigenvalue weighted by Crippen LogP contribution is 2.31. The van der Waals surface area contributed by atoms with Crippen LogP contribution in [0.5, 0.6) is 11.5 Å². The SMILES string of the molecule is COc1ccc(NC(=O)c2oc3ccc(F)cc3c2C)c(OC)c1. The molecule has 0 saturated heterocycles. The van der Waals surface area contributed by atoms with Crippen LogP contribution < -0.4 is 14.8 Å². The minimum atomic E-state index is -0.437. The number of amides is 1. The van der Waals surface area contributed by atoms with Gasteiger partial charge in [-0.1, -0.05) is 0 Å². The molecule has 0 unspecified atom stereocenters. The number of carbonyl (C=O) groups is 1. The highest BCUT2D eigenvalue weighted by atomic mass is 19.1. The summed E-state index contributed by atoms with van der Waals surface area (Å²) in [5.41, 5.74) is 1.52. The lowest BCUT2D eigenvalue weighted by molar-refractivity contribution is 0.0997. The van der Waals surface area contributed by atoms with Crippen molar-refractivity contribution >= 4 is 22.6 Å². The van der Waals surface area contributed by atoms with E-state index in [2.05, 4.69) is 5.32 Å². The van der Waals surface area contributed by atoms with Crippen LogP contribution >= 0.6 is 0 Å². The van der Waals surface area contributed by atoms with Crippen molar-refractivity contribution in [1.29, 1.82) is 0 Å². The van der Waals surface area contributed by atoms with E-state index in [9.17, 15) is 9.18 Å². The maximum absolute atomic E-state index is 13.4. The number of methoxy groups -OCH3 is 2. The molecule has 2 aromatic carbocycles. The van der Waals surface area contributed by atoms with Crippen LogP contribution in [-0.4, -0.2) is 20.1 Å². The summed E-state index contributed by atoms with van der Waals surface area (Å²) in [5.74, 6) is 0.388. The molecule has 1 N–H and O–H groups in total. The van der Waals surface area contributed by atoms with Crippen LogP contribution in [0, 0.1) is 12.7 Å². The van der Waals surface area contributed by atoms with Crippen molar-refractivity contribution in [2.75, 3.05) is 19.5 Å². The van der Waals surface area contributed by atoms with Crippen LogP contribution in [-0.2, 0) is 0 Å². The van der Waals surface area contributed by atoms with Gasteiger partial charge in [0.25, 0.3) is 5.91 Å². The number of carbonyl (C=O) groups excluding carboxylic acids is 1. The molecule has 0 aliphatic rings. The number of ether oxygens (including phenoxy) is 2. The number of nitrogens with one attached hydrogen (secondary N) is 1. The maximum atomic E-state index is 13.4. The van der Waals surface area contributed by atoms with E-state index < -0.39 is 5.91 Å². The molecule has 3 rings (SSSR count). The Bertz CT molecular complexity index is 917. The van der Waals surface area contributed by atoms with Gasteiger partial charge in [0, 0.05) is 17.0 Å². The van der Waals surface area contributed by atoms with Crippen LogP contribution in [0.4, 0.5) is 10.1 Å². The van der Waals surface area contributed by atoms with Gasteiger partial charge in [-0.25, -0.2) is 4.39 Å². The summed E-state index contributed by atoms with van der Waals surface area (Å²) in [6, 6.07) is 9.18. The number of rotatable bonds is 4. The van der Waals surface area contributed by atoms with E-state index in [0.29, 0.717) is 33.7 Å². The number of aryl methyl sites for hydroxylation is 1. The summed E-state index contributed by atoms with van der Waals surface area (Å²) in [7, 11) is 3.05. The highest BCUT2D eigenvalue weighted by molar-refractivity contribution is 6.07. The largest absolute Gasteiger partial charge is 0.497 e. The summed E-state index contributed by atoms with van der Waals surface area (Å²) in [6.45, 7) is 1.71. The molecule has 1 aromatic heterocycles. The molecule has 0 aliphatic carbocycles.